The maximum atomic E-state index is 11.9. The maximum absolute atomic E-state index is 11.9. The van der Waals surface area contributed by atoms with Gasteiger partial charge in [0.1, 0.15) is 6.04 Å². The number of rotatable bonds is 9. The van der Waals surface area contributed by atoms with Crippen molar-refractivity contribution in [1.82, 2.24) is 5.32 Å². The van der Waals surface area contributed by atoms with E-state index >= 15 is 0 Å². The Bertz CT molecular complexity index is 448. The highest BCUT2D eigenvalue weighted by molar-refractivity contribution is 5.86. The molecule has 116 valence electrons. The predicted octanol–water partition coefficient (Wildman–Crippen LogP) is 1.71. The quantitative estimate of drug-likeness (QED) is 0.646. The zero-order valence-corrected chi connectivity index (χ0v) is 12.4. The van der Waals surface area contributed by atoms with E-state index in [0.717, 1.165) is 18.4 Å². The fourth-order valence-corrected chi connectivity index (χ4v) is 2.04. The van der Waals surface area contributed by atoms with Crippen LogP contribution in [0.5, 0.6) is 0 Å². The van der Waals surface area contributed by atoms with E-state index in [1.807, 2.05) is 37.3 Å². The maximum Gasteiger partial charge on any atom is 0.326 e. The number of unbranched alkanes of at least 4 members (excludes halogenated alkanes) is 1. The van der Waals surface area contributed by atoms with Gasteiger partial charge in [-0.15, -0.1) is 0 Å². The molecule has 0 spiro atoms. The molecular formula is C16H24N2O3. The molecule has 0 aliphatic carbocycles. The van der Waals surface area contributed by atoms with Gasteiger partial charge < -0.3 is 16.2 Å². The second-order valence-corrected chi connectivity index (χ2v) is 5.17. The van der Waals surface area contributed by atoms with E-state index in [4.69, 9.17) is 10.8 Å². The van der Waals surface area contributed by atoms with Crippen LogP contribution in [0.4, 0.5) is 0 Å². The van der Waals surface area contributed by atoms with Crippen LogP contribution in [0.25, 0.3) is 0 Å². The van der Waals surface area contributed by atoms with Gasteiger partial charge in [0.2, 0.25) is 5.91 Å². The number of carboxylic acids is 1. The van der Waals surface area contributed by atoms with E-state index in [1.165, 1.54) is 0 Å². The third-order valence-corrected chi connectivity index (χ3v) is 3.38. The van der Waals surface area contributed by atoms with Crippen molar-refractivity contribution >= 4 is 11.9 Å². The Hall–Kier alpha value is -1.88. The lowest BCUT2D eigenvalue weighted by Crippen LogP contribution is -2.48. The first-order chi connectivity index (χ1) is 10.0. The average molecular weight is 292 g/mol. The van der Waals surface area contributed by atoms with Gasteiger partial charge in [0.25, 0.3) is 0 Å². The molecule has 2 atom stereocenters. The molecule has 0 saturated carbocycles. The molecule has 0 heterocycles. The summed E-state index contributed by atoms with van der Waals surface area (Å²) in [7, 11) is 0. The van der Waals surface area contributed by atoms with Gasteiger partial charge in [-0.05, 0) is 24.8 Å². The zero-order chi connectivity index (χ0) is 15.7. The van der Waals surface area contributed by atoms with E-state index in [0.29, 0.717) is 19.3 Å². The molecular weight excluding hydrogens is 268 g/mol. The molecule has 0 aromatic heterocycles. The van der Waals surface area contributed by atoms with Crippen LogP contribution in [0.1, 0.15) is 38.2 Å². The molecule has 5 nitrogen and oxygen atoms in total. The Labute approximate surface area is 125 Å². The Kier molecular flexibility index (Phi) is 7.46. The molecule has 1 amide bonds. The van der Waals surface area contributed by atoms with Crippen molar-refractivity contribution in [3.8, 4) is 0 Å². The van der Waals surface area contributed by atoms with Gasteiger partial charge in [0.15, 0.2) is 0 Å². The number of hydrogen-bond donors (Lipinski definition) is 3. The van der Waals surface area contributed by atoms with E-state index in [2.05, 4.69) is 5.32 Å². The van der Waals surface area contributed by atoms with E-state index < -0.39 is 24.0 Å². The molecule has 0 radical (unpaired) electrons. The highest BCUT2D eigenvalue weighted by Crippen LogP contribution is 2.05. The molecule has 1 rings (SSSR count). The summed E-state index contributed by atoms with van der Waals surface area (Å²) < 4.78 is 0. The number of nitrogens with one attached hydrogen (secondary N) is 1. The van der Waals surface area contributed by atoms with Crippen LogP contribution in [0, 0.1) is 0 Å². The van der Waals surface area contributed by atoms with Gasteiger partial charge in [-0.2, -0.15) is 0 Å². The molecule has 0 fully saturated rings. The first kappa shape index (κ1) is 17.2. The normalized spacial score (nSPS) is 13.4. The van der Waals surface area contributed by atoms with E-state index in [1.54, 1.807) is 0 Å². The van der Waals surface area contributed by atoms with E-state index in [9.17, 15) is 9.59 Å². The fraction of sp³-hybridized carbons (Fsp3) is 0.500. The minimum absolute atomic E-state index is 0.394. The SMILES string of the molecule is CCCC[C@H](NC(=O)C(N)CCc1ccccc1)C(=O)O. The molecule has 21 heavy (non-hydrogen) atoms. The van der Waals surface area contributed by atoms with Crippen molar-refractivity contribution in [2.24, 2.45) is 5.73 Å². The van der Waals surface area contributed by atoms with Gasteiger partial charge in [0, 0.05) is 0 Å². The number of aliphatic carboxylic acids is 1. The topological polar surface area (TPSA) is 92.4 Å². The number of nitrogens with two attached hydrogens (primary N) is 1. The van der Waals surface area contributed by atoms with Crippen molar-refractivity contribution < 1.29 is 14.7 Å². The van der Waals surface area contributed by atoms with Crippen LogP contribution in [0.15, 0.2) is 30.3 Å². The number of carboxylic acid groups (broad SMARTS) is 1. The van der Waals surface area contributed by atoms with Gasteiger partial charge in [0.05, 0.1) is 6.04 Å². The molecule has 0 aliphatic rings. The number of benzene rings is 1. The van der Waals surface area contributed by atoms with Crippen molar-refractivity contribution in [3.63, 3.8) is 0 Å². The number of amides is 1. The standard InChI is InChI=1S/C16H24N2O3/c1-2-3-9-14(16(20)21)18-15(19)13(17)11-10-12-7-5-4-6-8-12/h4-8,13-14H,2-3,9-11,17H2,1H3,(H,18,19)(H,20,21)/t13?,14-/m0/s1. The molecule has 0 bridgehead atoms. The van der Waals surface area contributed by atoms with Gasteiger partial charge >= 0.3 is 5.97 Å². The highest BCUT2D eigenvalue weighted by atomic mass is 16.4. The zero-order valence-electron chi connectivity index (χ0n) is 12.4. The summed E-state index contributed by atoms with van der Waals surface area (Å²) >= 11 is 0. The molecule has 1 aromatic carbocycles. The smallest absolute Gasteiger partial charge is 0.326 e. The second-order valence-electron chi connectivity index (χ2n) is 5.17. The number of hydrogen-bond acceptors (Lipinski definition) is 3. The lowest BCUT2D eigenvalue weighted by atomic mass is 10.0. The third kappa shape index (κ3) is 6.40. The largest absolute Gasteiger partial charge is 0.480 e. The van der Waals surface area contributed by atoms with Gasteiger partial charge in [-0.1, -0.05) is 50.1 Å². The first-order valence-corrected chi connectivity index (χ1v) is 7.37. The van der Waals surface area contributed by atoms with Crippen LogP contribution < -0.4 is 11.1 Å². The molecule has 5 heteroatoms. The van der Waals surface area contributed by atoms with Crippen LogP contribution in [-0.4, -0.2) is 29.1 Å². The molecule has 0 aliphatic heterocycles. The summed E-state index contributed by atoms with van der Waals surface area (Å²) in [6.07, 6.45) is 3.28. The Morgan fingerprint density at radius 2 is 1.90 bits per heavy atom. The molecule has 1 aromatic rings. The molecule has 0 saturated heterocycles. The number of carbonyl (C=O) groups is 2. The summed E-state index contributed by atoms with van der Waals surface area (Å²) in [5.74, 6) is -1.40. The van der Waals surface area contributed by atoms with Crippen molar-refractivity contribution in [3.05, 3.63) is 35.9 Å². The lowest BCUT2D eigenvalue weighted by Gasteiger charge is -2.17. The molecule has 4 N–H and O–H groups in total. The minimum atomic E-state index is -1.01. The monoisotopic (exact) mass is 292 g/mol. The van der Waals surface area contributed by atoms with Crippen LogP contribution in [0.3, 0.4) is 0 Å². The summed E-state index contributed by atoms with van der Waals surface area (Å²) in [5.41, 5.74) is 6.95. The van der Waals surface area contributed by atoms with E-state index in [-0.39, 0.29) is 0 Å². The van der Waals surface area contributed by atoms with Gasteiger partial charge in [-0.25, -0.2) is 4.79 Å². The summed E-state index contributed by atoms with van der Waals surface area (Å²) in [4.78, 5) is 23.0. The van der Waals surface area contributed by atoms with Crippen LogP contribution in [0.2, 0.25) is 0 Å². The molecule has 1 unspecified atom stereocenters. The minimum Gasteiger partial charge on any atom is -0.480 e. The van der Waals surface area contributed by atoms with Gasteiger partial charge in [-0.3, -0.25) is 4.79 Å². The van der Waals surface area contributed by atoms with Crippen molar-refractivity contribution in [2.45, 2.75) is 51.1 Å². The average Bonchev–Trinajstić information content (AvgIpc) is 2.49. The summed E-state index contributed by atoms with van der Waals surface area (Å²) in [6.45, 7) is 1.98. The Morgan fingerprint density at radius 1 is 1.24 bits per heavy atom. The van der Waals surface area contributed by atoms with Crippen molar-refractivity contribution in [2.75, 3.05) is 0 Å². The third-order valence-electron chi connectivity index (χ3n) is 3.38. The Balaban J connectivity index is 2.43. The fourth-order valence-electron chi connectivity index (χ4n) is 2.04. The lowest BCUT2D eigenvalue weighted by molar-refractivity contribution is -0.142. The Morgan fingerprint density at radius 3 is 2.48 bits per heavy atom. The van der Waals surface area contributed by atoms with Crippen molar-refractivity contribution in [1.29, 1.82) is 0 Å². The summed E-state index contributed by atoms with van der Waals surface area (Å²) in [5, 5.41) is 11.6. The van der Waals surface area contributed by atoms with Crippen LogP contribution >= 0.6 is 0 Å². The number of carbonyl (C=O) groups excluding carboxylic acids is 1. The number of aryl methyl sites for hydroxylation is 1. The second kappa shape index (κ2) is 9.13. The van der Waals surface area contributed by atoms with Crippen LogP contribution in [-0.2, 0) is 16.0 Å². The predicted molar refractivity (Wildman–Crippen MR) is 81.8 cm³/mol. The first-order valence-electron chi connectivity index (χ1n) is 7.37. The summed E-state index contributed by atoms with van der Waals surface area (Å²) in [6, 6.07) is 8.23. The highest BCUT2D eigenvalue weighted by Gasteiger charge is 2.22.